The standard InChI is InChI=1S/C23H37NO6/c1-4-14(2)23(28)30-20-7-5-6-16-9-8-15(3)19(22(16)20)11-10-17(25)12-18(26)13-21(27)24-29/h6,8-9,14-15,17-20,22,25-26,29H,4-5,7,10-13H2,1-3H3,(H,24,27). The van der Waals surface area contributed by atoms with E-state index in [0.717, 1.165) is 25.7 Å². The summed E-state index contributed by atoms with van der Waals surface area (Å²) >= 11 is 0. The summed E-state index contributed by atoms with van der Waals surface area (Å²) in [4.78, 5) is 23.6. The summed E-state index contributed by atoms with van der Waals surface area (Å²) in [5.74, 6) is -0.312. The van der Waals surface area contributed by atoms with Gasteiger partial charge in [0.25, 0.3) is 0 Å². The number of amides is 1. The molecule has 7 nitrogen and oxygen atoms in total. The zero-order valence-electron chi connectivity index (χ0n) is 18.3. The molecule has 0 radical (unpaired) electrons. The lowest BCUT2D eigenvalue weighted by Crippen LogP contribution is -2.40. The minimum absolute atomic E-state index is 0.0736. The average molecular weight is 424 g/mol. The van der Waals surface area contributed by atoms with Gasteiger partial charge in [-0.3, -0.25) is 14.8 Å². The Bertz CT molecular complexity index is 646. The quantitative estimate of drug-likeness (QED) is 0.244. The molecule has 7 atom stereocenters. The van der Waals surface area contributed by atoms with Crippen molar-refractivity contribution in [3.05, 3.63) is 23.8 Å². The lowest BCUT2D eigenvalue weighted by Gasteiger charge is -2.42. The summed E-state index contributed by atoms with van der Waals surface area (Å²) in [6.45, 7) is 6.01. The van der Waals surface area contributed by atoms with Gasteiger partial charge in [0.05, 0.1) is 24.5 Å². The molecule has 2 aliphatic carbocycles. The van der Waals surface area contributed by atoms with Crippen molar-refractivity contribution in [3.8, 4) is 0 Å². The van der Waals surface area contributed by atoms with E-state index in [1.54, 1.807) is 0 Å². The Morgan fingerprint density at radius 3 is 2.70 bits per heavy atom. The molecule has 0 bridgehead atoms. The van der Waals surface area contributed by atoms with E-state index in [1.807, 2.05) is 13.8 Å². The molecule has 2 aliphatic rings. The normalized spacial score (nSPS) is 28.7. The minimum Gasteiger partial charge on any atom is -0.461 e. The molecular formula is C23H37NO6. The first kappa shape index (κ1) is 24.6. The van der Waals surface area contributed by atoms with Crippen LogP contribution in [0, 0.1) is 23.7 Å². The summed E-state index contributed by atoms with van der Waals surface area (Å²) < 4.78 is 5.94. The molecular weight excluding hydrogens is 386 g/mol. The number of hydroxylamine groups is 1. The van der Waals surface area contributed by atoms with Gasteiger partial charge in [-0.15, -0.1) is 0 Å². The third kappa shape index (κ3) is 6.65. The van der Waals surface area contributed by atoms with E-state index in [1.165, 1.54) is 11.1 Å². The van der Waals surface area contributed by atoms with Gasteiger partial charge >= 0.3 is 5.97 Å². The number of carbonyl (C=O) groups excluding carboxylic acids is 2. The van der Waals surface area contributed by atoms with Crippen LogP contribution in [0.2, 0.25) is 0 Å². The fraction of sp³-hybridized carbons (Fsp3) is 0.739. The van der Waals surface area contributed by atoms with Crippen LogP contribution < -0.4 is 5.48 Å². The Kier molecular flexibility index (Phi) is 9.52. The first-order valence-electron chi connectivity index (χ1n) is 11.1. The second-order valence-electron chi connectivity index (χ2n) is 8.83. The summed E-state index contributed by atoms with van der Waals surface area (Å²) in [6, 6.07) is 0. The summed E-state index contributed by atoms with van der Waals surface area (Å²) in [7, 11) is 0. The smallest absolute Gasteiger partial charge is 0.308 e. The highest BCUT2D eigenvalue weighted by atomic mass is 16.5. The van der Waals surface area contributed by atoms with E-state index in [9.17, 15) is 19.8 Å². The lowest BCUT2D eigenvalue weighted by molar-refractivity contribution is -0.158. The number of nitrogens with one attached hydrogen (secondary N) is 1. The topological polar surface area (TPSA) is 116 Å². The van der Waals surface area contributed by atoms with Crippen molar-refractivity contribution >= 4 is 11.9 Å². The molecule has 0 aromatic heterocycles. The van der Waals surface area contributed by atoms with E-state index in [-0.39, 0.29) is 48.6 Å². The van der Waals surface area contributed by atoms with Crippen molar-refractivity contribution in [2.75, 3.05) is 0 Å². The van der Waals surface area contributed by atoms with Gasteiger partial charge in [0.1, 0.15) is 6.10 Å². The minimum atomic E-state index is -1.01. The molecule has 7 heteroatoms. The van der Waals surface area contributed by atoms with Crippen molar-refractivity contribution in [2.24, 2.45) is 23.7 Å². The van der Waals surface area contributed by atoms with Gasteiger partial charge in [0, 0.05) is 5.92 Å². The van der Waals surface area contributed by atoms with Crippen LogP contribution in [0.25, 0.3) is 0 Å². The van der Waals surface area contributed by atoms with Crippen molar-refractivity contribution in [1.82, 2.24) is 5.48 Å². The molecule has 0 aliphatic heterocycles. The van der Waals surface area contributed by atoms with Gasteiger partial charge in [0.2, 0.25) is 5.91 Å². The maximum atomic E-state index is 12.4. The molecule has 0 aromatic rings. The highest BCUT2D eigenvalue weighted by Crippen LogP contribution is 2.44. The average Bonchev–Trinajstić information content (AvgIpc) is 2.72. The van der Waals surface area contributed by atoms with Gasteiger partial charge in [-0.1, -0.05) is 39.0 Å². The van der Waals surface area contributed by atoms with Crippen LogP contribution in [-0.4, -0.2) is 45.6 Å². The van der Waals surface area contributed by atoms with Crippen LogP contribution in [0.1, 0.15) is 65.7 Å². The summed E-state index contributed by atoms with van der Waals surface area (Å²) in [5, 5.41) is 28.8. The van der Waals surface area contributed by atoms with E-state index >= 15 is 0 Å². The van der Waals surface area contributed by atoms with Crippen molar-refractivity contribution in [1.29, 1.82) is 0 Å². The Balaban J connectivity index is 2.01. The number of rotatable bonds is 10. The number of hydrogen-bond donors (Lipinski definition) is 4. The predicted octanol–water partition coefficient (Wildman–Crippen LogP) is 2.89. The van der Waals surface area contributed by atoms with Crippen LogP contribution in [0.3, 0.4) is 0 Å². The fourth-order valence-corrected chi connectivity index (χ4v) is 4.55. The van der Waals surface area contributed by atoms with Crippen molar-refractivity contribution < 1.29 is 29.7 Å². The molecule has 7 unspecified atom stereocenters. The van der Waals surface area contributed by atoms with Gasteiger partial charge in [-0.25, -0.2) is 5.48 Å². The number of aliphatic hydroxyl groups is 2. The number of carbonyl (C=O) groups is 2. The Hall–Kier alpha value is -1.70. The SMILES string of the molecule is CCC(C)C(=O)OC1CCC=C2C=CC(C)C(CCC(O)CC(O)CC(=O)NO)C21. The van der Waals surface area contributed by atoms with Gasteiger partial charge in [-0.05, 0) is 55.9 Å². The van der Waals surface area contributed by atoms with E-state index in [0.29, 0.717) is 6.42 Å². The Morgan fingerprint density at radius 1 is 1.30 bits per heavy atom. The third-order valence-electron chi connectivity index (χ3n) is 6.55. The number of hydrogen-bond acceptors (Lipinski definition) is 6. The van der Waals surface area contributed by atoms with Crippen LogP contribution >= 0.6 is 0 Å². The van der Waals surface area contributed by atoms with Gasteiger partial charge in [-0.2, -0.15) is 0 Å². The molecule has 4 N–H and O–H groups in total. The molecule has 2 rings (SSSR count). The molecule has 1 amide bonds. The van der Waals surface area contributed by atoms with E-state index < -0.39 is 18.1 Å². The molecule has 0 heterocycles. The fourth-order valence-electron chi connectivity index (χ4n) is 4.55. The van der Waals surface area contributed by atoms with Gasteiger partial charge < -0.3 is 14.9 Å². The largest absolute Gasteiger partial charge is 0.461 e. The number of ether oxygens (including phenoxy) is 1. The summed E-state index contributed by atoms with van der Waals surface area (Å²) in [5.41, 5.74) is 2.70. The molecule has 0 fully saturated rings. The van der Waals surface area contributed by atoms with Crippen molar-refractivity contribution in [3.63, 3.8) is 0 Å². The van der Waals surface area contributed by atoms with Crippen LogP contribution in [0.5, 0.6) is 0 Å². The highest BCUT2D eigenvalue weighted by Gasteiger charge is 2.40. The molecule has 30 heavy (non-hydrogen) atoms. The number of esters is 1. The molecule has 0 aromatic carbocycles. The predicted molar refractivity (Wildman–Crippen MR) is 112 cm³/mol. The van der Waals surface area contributed by atoms with Crippen molar-refractivity contribution in [2.45, 2.75) is 84.0 Å². The lowest BCUT2D eigenvalue weighted by atomic mass is 9.66. The molecule has 170 valence electrons. The zero-order chi connectivity index (χ0) is 22.3. The first-order valence-corrected chi connectivity index (χ1v) is 11.1. The first-order chi connectivity index (χ1) is 14.3. The molecule has 0 saturated carbocycles. The second-order valence-corrected chi connectivity index (χ2v) is 8.83. The highest BCUT2D eigenvalue weighted by molar-refractivity contribution is 5.75. The van der Waals surface area contributed by atoms with Crippen LogP contribution in [-0.2, 0) is 14.3 Å². The second kappa shape index (κ2) is 11.6. The van der Waals surface area contributed by atoms with Crippen LogP contribution in [0.15, 0.2) is 23.8 Å². The Labute approximate surface area is 179 Å². The van der Waals surface area contributed by atoms with Crippen LogP contribution in [0.4, 0.5) is 0 Å². The zero-order valence-corrected chi connectivity index (χ0v) is 18.3. The van der Waals surface area contributed by atoms with E-state index in [4.69, 9.17) is 9.94 Å². The number of allylic oxidation sites excluding steroid dienone is 3. The monoisotopic (exact) mass is 423 g/mol. The molecule has 0 spiro atoms. The maximum absolute atomic E-state index is 12.4. The number of aliphatic hydroxyl groups excluding tert-OH is 2. The van der Waals surface area contributed by atoms with E-state index in [2.05, 4.69) is 25.2 Å². The maximum Gasteiger partial charge on any atom is 0.308 e. The summed E-state index contributed by atoms with van der Waals surface area (Å²) in [6.07, 6.45) is 8.11. The Morgan fingerprint density at radius 2 is 2.03 bits per heavy atom. The third-order valence-corrected chi connectivity index (χ3v) is 6.55. The number of fused-ring (bicyclic) bond motifs is 1. The molecule has 0 saturated heterocycles. The van der Waals surface area contributed by atoms with Gasteiger partial charge in [0.15, 0.2) is 0 Å².